The van der Waals surface area contributed by atoms with Gasteiger partial charge in [0.2, 0.25) is 0 Å². The molecule has 0 aliphatic carbocycles. The van der Waals surface area contributed by atoms with Gasteiger partial charge in [-0.1, -0.05) is 0 Å². The average Bonchev–Trinajstić information content (AvgIpc) is 2.65. The zero-order valence-electron chi connectivity index (χ0n) is 13.2. The van der Waals surface area contributed by atoms with Crippen molar-refractivity contribution in [3.8, 4) is 0 Å². The molecule has 0 amide bonds. The molecular formula is C21H18F2Ge. The van der Waals surface area contributed by atoms with E-state index in [4.69, 9.17) is 0 Å². The third-order valence-corrected chi connectivity index (χ3v) is 14.4. The standard InChI is InChI=1S/C21H18F2Ge/c22-21(23)16-17-24(18-10-4-1-5-11-18,19-12-6-2-7-13-19)20-14-8-3-9-15-20/h1-16H,17H2. The van der Waals surface area contributed by atoms with Crippen LogP contribution in [0.25, 0.3) is 0 Å². The molecule has 0 radical (unpaired) electrons. The second-order valence-corrected chi connectivity index (χ2v) is 14.0. The summed E-state index contributed by atoms with van der Waals surface area (Å²) in [7, 11) is 0. The third kappa shape index (κ3) is 3.34. The van der Waals surface area contributed by atoms with Crippen LogP contribution in [0.2, 0.25) is 5.25 Å². The number of rotatable bonds is 5. The molecule has 0 fully saturated rings. The molecule has 3 aromatic rings. The van der Waals surface area contributed by atoms with E-state index >= 15 is 0 Å². The molecule has 24 heavy (non-hydrogen) atoms. The Bertz CT molecular complexity index is 698. The van der Waals surface area contributed by atoms with Gasteiger partial charge in [-0.2, -0.15) is 0 Å². The average molecular weight is 381 g/mol. The summed E-state index contributed by atoms with van der Waals surface area (Å²) in [5.41, 5.74) is 0. The van der Waals surface area contributed by atoms with Crippen LogP contribution in [0.1, 0.15) is 0 Å². The third-order valence-electron chi connectivity index (χ3n) is 4.36. The number of hydrogen-bond acceptors (Lipinski definition) is 0. The van der Waals surface area contributed by atoms with Gasteiger partial charge in [0.15, 0.2) is 0 Å². The summed E-state index contributed by atoms with van der Waals surface area (Å²) in [6, 6.07) is 30.4. The van der Waals surface area contributed by atoms with Gasteiger partial charge in [0, 0.05) is 0 Å². The number of allylic oxidation sites excluding steroid dienone is 1. The van der Waals surface area contributed by atoms with Crippen LogP contribution in [0.3, 0.4) is 0 Å². The molecule has 0 heterocycles. The van der Waals surface area contributed by atoms with Crippen LogP contribution in [0, 0.1) is 0 Å². The molecule has 0 unspecified atom stereocenters. The fraction of sp³-hybridized carbons (Fsp3) is 0.0476. The van der Waals surface area contributed by atoms with E-state index in [9.17, 15) is 8.78 Å². The van der Waals surface area contributed by atoms with Gasteiger partial charge in [-0.25, -0.2) is 0 Å². The molecule has 0 atom stereocenters. The summed E-state index contributed by atoms with van der Waals surface area (Å²) in [4.78, 5) is 0. The van der Waals surface area contributed by atoms with Crippen molar-refractivity contribution < 1.29 is 8.78 Å². The molecule has 0 bridgehead atoms. The Hall–Kier alpha value is -2.20. The Morgan fingerprint density at radius 2 is 0.958 bits per heavy atom. The molecule has 0 spiro atoms. The van der Waals surface area contributed by atoms with Crippen molar-refractivity contribution in [3.63, 3.8) is 0 Å². The Morgan fingerprint density at radius 1 is 0.625 bits per heavy atom. The predicted octanol–water partition coefficient (Wildman–Crippen LogP) is 3.94. The van der Waals surface area contributed by atoms with Gasteiger partial charge in [-0.05, 0) is 0 Å². The van der Waals surface area contributed by atoms with Gasteiger partial charge in [-0.3, -0.25) is 0 Å². The molecule has 3 aromatic carbocycles. The number of hydrogen-bond donors (Lipinski definition) is 0. The summed E-state index contributed by atoms with van der Waals surface area (Å²) in [6.07, 6.45) is -0.500. The zero-order valence-corrected chi connectivity index (χ0v) is 15.3. The predicted molar refractivity (Wildman–Crippen MR) is 99.1 cm³/mol. The first-order valence-electron chi connectivity index (χ1n) is 7.91. The molecule has 0 aliphatic heterocycles. The zero-order chi connectivity index (χ0) is 16.8. The Labute approximate surface area is 143 Å². The van der Waals surface area contributed by atoms with Crippen molar-refractivity contribution >= 4 is 26.5 Å². The van der Waals surface area contributed by atoms with Gasteiger partial charge in [0.05, 0.1) is 0 Å². The van der Waals surface area contributed by atoms with E-state index < -0.39 is 19.3 Å². The quantitative estimate of drug-likeness (QED) is 0.588. The molecule has 0 saturated heterocycles. The minimum atomic E-state index is -3.21. The molecular weight excluding hydrogens is 363 g/mol. The Kier molecular flexibility index (Phi) is 5.26. The van der Waals surface area contributed by atoms with E-state index in [1.807, 2.05) is 54.6 Å². The summed E-state index contributed by atoms with van der Waals surface area (Å²) in [5.74, 6) is 0. The summed E-state index contributed by atoms with van der Waals surface area (Å²) in [6.45, 7) is 0. The van der Waals surface area contributed by atoms with Crippen LogP contribution in [0.5, 0.6) is 0 Å². The summed E-state index contributed by atoms with van der Waals surface area (Å²) < 4.78 is 29.6. The molecule has 3 rings (SSSR count). The van der Waals surface area contributed by atoms with E-state index in [2.05, 4.69) is 36.4 Å². The number of halogens is 2. The van der Waals surface area contributed by atoms with Crippen molar-refractivity contribution in [2.24, 2.45) is 0 Å². The monoisotopic (exact) mass is 382 g/mol. The normalized spacial score (nSPS) is 11.1. The van der Waals surface area contributed by atoms with Crippen LogP contribution in [0.15, 0.2) is 103 Å². The fourth-order valence-corrected chi connectivity index (χ4v) is 12.6. The van der Waals surface area contributed by atoms with Crippen LogP contribution < -0.4 is 13.2 Å². The maximum absolute atomic E-state index is 13.0. The van der Waals surface area contributed by atoms with Crippen LogP contribution in [0.4, 0.5) is 8.78 Å². The molecule has 3 heteroatoms. The molecule has 0 nitrogen and oxygen atoms in total. The van der Waals surface area contributed by atoms with Gasteiger partial charge < -0.3 is 0 Å². The van der Waals surface area contributed by atoms with Gasteiger partial charge in [-0.15, -0.1) is 0 Å². The first-order valence-corrected chi connectivity index (χ1v) is 12.5. The maximum atomic E-state index is 13.0. The summed E-state index contributed by atoms with van der Waals surface area (Å²) in [5, 5.41) is 0.389. The van der Waals surface area contributed by atoms with Crippen molar-refractivity contribution in [2.45, 2.75) is 5.25 Å². The van der Waals surface area contributed by atoms with Gasteiger partial charge in [0.25, 0.3) is 0 Å². The van der Waals surface area contributed by atoms with Crippen molar-refractivity contribution in [1.29, 1.82) is 0 Å². The molecule has 0 aliphatic rings. The molecule has 0 saturated carbocycles. The van der Waals surface area contributed by atoms with Crippen LogP contribution >= 0.6 is 0 Å². The van der Waals surface area contributed by atoms with Crippen molar-refractivity contribution in [2.75, 3.05) is 0 Å². The van der Waals surface area contributed by atoms with Crippen LogP contribution in [-0.4, -0.2) is 13.3 Å². The minimum absolute atomic E-state index is 0.389. The van der Waals surface area contributed by atoms with Gasteiger partial charge >= 0.3 is 144 Å². The van der Waals surface area contributed by atoms with Crippen LogP contribution in [-0.2, 0) is 0 Å². The van der Waals surface area contributed by atoms with Crippen molar-refractivity contribution in [3.05, 3.63) is 103 Å². The van der Waals surface area contributed by atoms with E-state index in [1.165, 1.54) is 13.2 Å². The Morgan fingerprint density at radius 3 is 1.25 bits per heavy atom. The number of benzene rings is 3. The van der Waals surface area contributed by atoms with E-state index in [0.29, 0.717) is 5.25 Å². The summed E-state index contributed by atoms with van der Waals surface area (Å²) >= 11 is -3.21. The van der Waals surface area contributed by atoms with Crippen molar-refractivity contribution in [1.82, 2.24) is 0 Å². The first kappa shape index (κ1) is 16.7. The van der Waals surface area contributed by atoms with Gasteiger partial charge in [0.1, 0.15) is 0 Å². The SMILES string of the molecule is FC(F)=C[CH2][Ge]([c]1ccccc1)([c]1ccccc1)[c]1ccccc1. The topological polar surface area (TPSA) is 0 Å². The molecule has 0 N–H and O–H groups in total. The molecule has 0 aromatic heterocycles. The second kappa shape index (κ2) is 7.58. The second-order valence-electron chi connectivity index (χ2n) is 5.70. The van der Waals surface area contributed by atoms with E-state index in [-0.39, 0.29) is 0 Å². The van der Waals surface area contributed by atoms with E-state index in [0.717, 1.165) is 6.08 Å². The first-order chi connectivity index (χ1) is 11.7. The van der Waals surface area contributed by atoms with E-state index in [1.54, 1.807) is 0 Å². The molecule has 120 valence electrons. The fourth-order valence-electron chi connectivity index (χ4n) is 3.25. The Balaban J connectivity index is 2.30.